The molecule has 0 aromatic heterocycles. The molecule has 0 saturated carbocycles. The van der Waals surface area contributed by atoms with E-state index in [1.54, 1.807) is 0 Å². The minimum atomic E-state index is -0.712. The third-order valence-electron chi connectivity index (χ3n) is 5.03. The fourth-order valence-electron chi connectivity index (χ4n) is 3.88. The molecule has 3 aliphatic heterocycles. The van der Waals surface area contributed by atoms with Gasteiger partial charge in [0.15, 0.2) is 0 Å². The van der Waals surface area contributed by atoms with E-state index in [1.165, 1.54) is 18.6 Å². The summed E-state index contributed by atoms with van der Waals surface area (Å²) < 4.78 is 6.12. The van der Waals surface area contributed by atoms with Gasteiger partial charge in [-0.05, 0) is 38.0 Å². The molecule has 0 bridgehead atoms. The summed E-state index contributed by atoms with van der Waals surface area (Å²) in [5, 5.41) is 8.94. The molecular weight excluding hydrogens is 288 g/mol. The molecule has 120 valence electrons. The average molecular weight is 314 g/mol. The fourth-order valence-corrected chi connectivity index (χ4v) is 5.26. The first-order chi connectivity index (χ1) is 10.2. The fraction of sp³-hybridized carbons (Fsp3) is 0.933. The van der Waals surface area contributed by atoms with Crippen LogP contribution >= 0.6 is 11.8 Å². The van der Waals surface area contributed by atoms with Crippen LogP contribution in [0.5, 0.6) is 0 Å². The van der Waals surface area contributed by atoms with Crippen LogP contribution in [0.2, 0.25) is 0 Å². The summed E-state index contributed by atoms with van der Waals surface area (Å²) >= 11 is 2.02. The lowest BCUT2D eigenvalue weighted by Gasteiger charge is -2.42. The van der Waals surface area contributed by atoms with Crippen molar-refractivity contribution in [3.05, 3.63) is 0 Å². The molecule has 21 heavy (non-hydrogen) atoms. The van der Waals surface area contributed by atoms with Crippen molar-refractivity contribution in [2.75, 3.05) is 50.8 Å². The van der Waals surface area contributed by atoms with E-state index in [9.17, 15) is 4.79 Å². The van der Waals surface area contributed by atoms with E-state index < -0.39 is 5.97 Å². The van der Waals surface area contributed by atoms with E-state index >= 15 is 0 Å². The van der Waals surface area contributed by atoms with E-state index in [4.69, 9.17) is 9.84 Å². The number of hydrogen-bond acceptors (Lipinski definition) is 5. The summed E-state index contributed by atoms with van der Waals surface area (Å²) in [6, 6.07) is 0.627. The topological polar surface area (TPSA) is 53.0 Å². The molecule has 6 heteroatoms. The van der Waals surface area contributed by atoms with Gasteiger partial charge in [0.2, 0.25) is 0 Å². The van der Waals surface area contributed by atoms with Gasteiger partial charge in [0.1, 0.15) is 0 Å². The van der Waals surface area contributed by atoms with Crippen LogP contribution in [0.15, 0.2) is 0 Å². The predicted molar refractivity (Wildman–Crippen MR) is 83.9 cm³/mol. The van der Waals surface area contributed by atoms with Gasteiger partial charge in [-0.25, -0.2) is 0 Å². The molecule has 0 amide bonds. The smallest absolute Gasteiger partial charge is 0.317 e. The molecule has 5 nitrogen and oxygen atoms in total. The molecule has 1 spiro atoms. The zero-order chi connectivity index (χ0) is 14.7. The highest BCUT2D eigenvalue weighted by Crippen LogP contribution is 2.39. The molecule has 0 aliphatic carbocycles. The summed E-state index contributed by atoms with van der Waals surface area (Å²) in [6.07, 6.45) is 4.57. The van der Waals surface area contributed by atoms with Crippen molar-refractivity contribution in [1.82, 2.24) is 9.80 Å². The van der Waals surface area contributed by atoms with E-state index in [0.29, 0.717) is 6.04 Å². The SMILES string of the molecule is O=C(O)CN1CCCN(C2CCOC3(CCSC3)C2)CC1. The lowest BCUT2D eigenvalue weighted by Crippen LogP contribution is -2.49. The Balaban J connectivity index is 1.55. The number of rotatable bonds is 3. The Labute approximate surface area is 131 Å². The van der Waals surface area contributed by atoms with Crippen LogP contribution in [0.3, 0.4) is 0 Å². The molecule has 1 N–H and O–H groups in total. The number of carbonyl (C=O) groups is 1. The highest BCUT2D eigenvalue weighted by molar-refractivity contribution is 7.99. The lowest BCUT2D eigenvalue weighted by atomic mass is 9.89. The van der Waals surface area contributed by atoms with Crippen LogP contribution in [-0.4, -0.2) is 83.4 Å². The van der Waals surface area contributed by atoms with Gasteiger partial charge in [0, 0.05) is 38.0 Å². The molecule has 3 rings (SSSR count). The minimum Gasteiger partial charge on any atom is -0.480 e. The zero-order valence-corrected chi connectivity index (χ0v) is 13.4. The van der Waals surface area contributed by atoms with Crippen LogP contribution in [0.4, 0.5) is 0 Å². The van der Waals surface area contributed by atoms with Gasteiger partial charge in [0.25, 0.3) is 0 Å². The maximum absolute atomic E-state index is 10.9. The molecule has 3 heterocycles. The van der Waals surface area contributed by atoms with Gasteiger partial charge in [0.05, 0.1) is 12.1 Å². The minimum absolute atomic E-state index is 0.140. The van der Waals surface area contributed by atoms with Gasteiger partial charge in [-0.1, -0.05) is 0 Å². The maximum Gasteiger partial charge on any atom is 0.317 e. The molecule has 3 saturated heterocycles. The molecule has 0 radical (unpaired) electrons. The number of hydrogen-bond donors (Lipinski definition) is 1. The van der Waals surface area contributed by atoms with Crippen LogP contribution in [-0.2, 0) is 9.53 Å². The largest absolute Gasteiger partial charge is 0.480 e. The van der Waals surface area contributed by atoms with Crippen molar-refractivity contribution in [1.29, 1.82) is 0 Å². The third-order valence-corrected chi connectivity index (χ3v) is 6.26. The zero-order valence-electron chi connectivity index (χ0n) is 12.6. The second-order valence-corrected chi connectivity index (χ2v) is 7.65. The summed E-state index contributed by atoms with van der Waals surface area (Å²) in [4.78, 5) is 15.5. The van der Waals surface area contributed by atoms with Crippen LogP contribution in [0, 0.1) is 0 Å². The molecule has 0 aromatic rings. The number of carboxylic acid groups (broad SMARTS) is 1. The number of ether oxygens (including phenoxy) is 1. The monoisotopic (exact) mass is 314 g/mol. The highest BCUT2D eigenvalue weighted by Gasteiger charge is 2.42. The number of carboxylic acids is 1. The van der Waals surface area contributed by atoms with Crippen molar-refractivity contribution in [2.24, 2.45) is 0 Å². The molecule has 0 aromatic carbocycles. The molecule has 3 aliphatic rings. The first kappa shape index (κ1) is 15.6. The Morgan fingerprint density at radius 1 is 1.33 bits per heavy atom. The number of aliphatic carboxylic acids is 1. The van der Waals surface area contributed by atoms with Crippen molar-refractivity contribution in [2.45, 2.75) is 37.3 Å². The highest BCUT2D eigenvalue weighted by atomic mass is 32.2. The first-order valence-corrected chi connectivity index (χ1v) is 9.22. The molecule has 2 unspecified atom stereocenters. The molecule has 3 fully saturated rings. The Morgan fingerprint density at radius 2 is 2.24 bits per heavy atom. The third kappa shape index (κ3) is 3.92. The quantitative estimate of drug-likeness (QED) is 0.843. The second-order valence-electron chi connectivity index (χ2n) is 6.54. The average Bonchev–Trinajstić information content (AvgIpc) is 2.76. The Bertz CT molecular complexity index is 374. The van der Waals surface area contributed by atoms with Gasteiger partial charge in [-0.15, -0.1) is 0 Å². The van der Waals surface area contributed by atoms with E-state index in [-0.39, 0.29) is 12.1 Å². The molecular formula is C15H26N2O3S. The standard InChI is InChI=1S/C15H26N2O3S/c18-14(19)11-16-4-1-5-17(7-6-16)13-2-8-20-15(10-13)3-9-21-12-15/h13H,1-12H2,(H,18,19). The van der Waals surface area contributed by atoms with Crippen molar-refractivity contribution in [3.63, 3.8) is 0 Å². The normalized spacial score (nSPS) is 35.9. The van der Waals surface area contributed by atoms with Gasteiger partial charge < -0.3 is 9.84 Å². The van der Waals surface area contributed by atoms with Gasteiger partial charge >= 0.3 is 5.97 Å². The van der Waals surface area contributed by atoms with Crippen molar-refractivity contribution in [3.8, 4) is 0 Å². The van der Waals surface area contributed by atoms with Gasteiger partial charge in [-0.3, -0.25) is 14.6 Å². The van der Waals surface area contributed by atoms with Crippen LogP contribution < -0.4 is 0 Å². The predicted octanol–water partition coefficient (Wildman–Crippen LogP) is 1.13. The summed E-state index contributed by atoms with van der Waals surface area (Å²) in [7, 11) is 0. The van der Waals surface area contributed by atoms with Gasteiger partial charge in [-0.2, -0.15) is 11.8 Å². The molecule has 2 atom stereocenters. The maximum atomic E-state index is 10.9. The Hall–Kier alpha value is -0.300. The van der Waals surface area contributed by atoms with E-state index in [1.807, 2.05) is 11.8 Å². The van der Waals surface area contributed by atoms with Crippen molar-refractivity contribution < 1.29 is 14.6 Å². The second kappa shape index (κ2) is 6.86. The first-order valence-electron chi connectivity index (χ1n) is 8.07. The van der Waals surface area contributed by atoms with Crippen LogP contribution in [0.1, 0.15) is 25.7 Å². The van der Waals surface area contributed by atoms with E-state index in [2.05, 4.69) is 9.80 Å². The lowest BCUT2D eigenvalue weighted by molar-refractivity contribution is -0.138. The number of thioether (sulfide) groups is 1. The summed E-state index contributed by atoms with van der Waals surface area (Å²) in [5.74, 6) is 1.68. The van der Waals surface area contributed by atoms with Crippen LogP contribution in [0.25, 0.3) is 0 Å². The van der Waals surface area contributed by atoms with E-state index in [0.717, 1.165) is 51.4 Å². The Kier molecular flexibility index (Phi) is 5.09. The summed E-state index contributed by atoms with van der Waals surface area (Å²) in [5.41, 5.74) is 0.140. The number of nitrogens with zero attached hydrogens (tertiary/aromatic N) is 2. The summed E-state index contributed by atoms with van der Waals surface area (Å²) in [6.45, 7) is 4.96. The Morgan fingerprint density at radius 3 is 3.00 bits per heavy atom. The van der Waals surface area contributed by atoms with Crippen molar-refractivity contribution >= 4 is 17.7 Å².